The highest BCUT2D eigenvalue weighted by molar-refractivity contribution is 7.89. The third-order valence-corrected chi connectivity index (χ3v) is 7.92. The van der Waals surface area contributed by atoms with Crippen molar-refractivity contribution in [3.63, 3.8) is 0 Å². The fraction of sp³-hybridized carbons (Fsp3) is 0.333. The molecule has 1 amide bonds. The van der Waals surface area contributed by atoms with Crippen LogP contribution in [0.3, 0.4) is 0 Å². The molecule has 0 aliphatic carbocycles. The van der Waals surface area contributed by atoms with Crippen LogP contribution in [0.25, 0.3) is 0 Å². The lowest BCUT2D eigenvalue weighted by Crippen LogP contribution is -2.31. The van der Waals surface area contributed by atoms with Crippen LogP contribution in [-0.4, -0.2) is 40.5 Å². The van der Waals surface area contributed by atoms with Crippen molar-refractivity contribution < 1.29 is 22.1 Å². The van der Waals surface area contributed by atoms with Gasteiger partial charge in [0, 0.05) is 12.2 Å². The van der Waals surface area contributed by atoms with Crippen LogP contribution < -0.4 is 5.32 Å². The van der Waals surface area contributed by atoms with Crippen LogP contribution in [0.15, 0.2) is 33.7 Å². The molecule has 1 saturated heterocycles. The van der Waals surface area contributed by atoms with Crippen LogP contribution in [0.4, 0.5) is 10.1 Å². The monoisotopic (exact) mass is 451 g/mol. The number of halogens is 1. The second-order valence-electron chi connectivity index (χ2n) is 6.84. The number of aryl methyl sites for hydroxylation is 2. The fourth-order valence-electron chi connectivity index (χ4n) is 3.45. The predicted octanol–water partition coefficient (Wildman–Crippen LogP) is 3.06. The van der Waals surface area contributed by atoms with Crippen molar-refractivity contribution >= 4 is 33.0 Å². The second kappa shape index (κ2) is 7.85. The van der Waals surface area contributed by atoms with E-state index in [1.54, 1.807) is 19.9 Å². The summed E-state index contributed by atoms with van der Waals surface area (Å²) in [6.07, 6.45) is 1.21. The minimum atomic E-state index is -3.84. The van der Waals surface area contributed by atoms with Crippen LogP contribution in [-0.2, 0) is 10.0 Å². The Morgan fingerprint density at radius 1 is 1.33 bits per heavy atom. The van der Waals surface area contributed by atoms with Gasteiger partial charge in [0.1, 0.15) is 21.4 Å². The summed E-state index contributed by atoms with van der Waals surface area (Å²) in [5.74, 6) is -0.787. The number of carbonyl (C=O) groups is 1. The first-order chi connectivity index (χ1) is 14.3. The molecule has 2 aromatic heterocycles. The number of benzene rings is 1. The molecular formula is C18H18FN5O4S2. The first-order valence-electron chi connectivity index (χ1n) is 9.12. The molecule has 12 heteroatoms. The molecule has 158 valence electrons. The van der Waals surface area contributed by atoms with Gasteiger partial charge in [0.2, 0.25) is 15.0 Å². The molecule has 1 N–H and O–H groups in total. The highest BCUT2D eigenvalue weighted by atomic mass is 32.2. The number of amides is 1. The van der Waals surface area contributed by atoms with Gasteiger partial charge in [0.05, 0.1) is 6.04 Å². The standard InChI is InChI=1S/C18H18FN5O4S2/c1-10-15(11(2)28-23-10)30(26,27)24-8-4-7-14(24)17-21-22-18(29-17)16(25)20-13-6-3-5-12(19)9-13/h3,5-6,9,14H,4,7-8H2,1-2H3,(H,20,25). The van der Waals surface area contributed by atoms with Crippen molar-refractivity contribution in [2.75, 3.05) is 11.9 Å². The first-order valence-corrected chi connectivity index (χ1v) is 11.4. The molecule has 0 saturated carbocycles. The summed E-state index contributed by atoms with van der Waals surface area (Å²) in [5, 5.41) is 14.7. The molecule has 1 atom stereocenters. The van der Waals surface area contributed by atoms with Gasteiger partial charge in [-0.05, 0) is 44.9 Å². The topological polar surface area (TPSA) is 118 Å². The Morgan fingerprint density at radius 2 is 2.13 bits per heavy atom. The smallest absolute Gasteiger partial charge is 0.286 e. The Kier molecular flexibility index (Phi) is 5.38. The minimum Gasteiger partial charge on any atom is -0.360 e. The van der Waals surface area contributed by atoms with Crippen LogP contribution in [0.5, 0.6) is 0 Å². The van der Waals surface area contributed by atoms with E-state index >= 15 is 0 Å². The van der Waals surface area contributed by atoms with Gasteiger partial charge in [-0.1, -0.05) is 22.6 Å². The molecule has 9 nitrogen and oxygen atoms in total. The van der Waals surface area contributed by atoms with E-state index in [1.807, 2.05) is 0 Å². The highest BCUT2D eigenvalue weighted by Crippen LogP contribution is 2.39. The van der Waals surface area contributed by atoms with E-state index in [4.69, 9.17) is 4.52 Å². The highest BCUT2D eigenvalue weighted by Gasteiger charge is 2.41. The zero-order valence-corrected chi connectivity index (χ0v) is 17.8. The molecular weight excluding hydrogens is 433 g/mol. The lowest BCUT2D eigenvalue weighted by atomic mass is 10.2. The zero-order chi connectivity index (χ0) is 21.5. The van der Waals surface area contributed by atoms with E-state index < -0.39 is 27.8 Å². The summed E-state index contributed by atoms with van der Waals surface area (Å²) in [4.78, 5) is 12.5. The van der Waals surface area contributed by atoms with Gasteiger partial charge in [-0.3, -0.25) is 4.79 Å². The average Bonchev–Trinajstić information content (AvgIpc) is 3.41. The molecule has 3 aromatic rings. The van der Waals surface area contributed by atoms with E-state index in [0.717, 1.165) is 11.3 Å². The predicted molar refractivity (Wildman–Crippen MR) is 106 cm³/mol. The molecule has 1 aromatic carbocycles. The van der Waals surface area contributed by atoms with Crippen LogP contribution >= 0.6 is 11.3 Å². The Labute approximate surface area is 176 Å². The van der Waals surface area contributed by atoms with Crippen LogP contribution in [0, 0.1) is 19.7 Å². The van der Waals surface area contributed by atoms with Crippen molar-refractivity contribution in [3.05, 3.63) is 51.6 Å². The van der Waals surface area contributed by atoms with E-state index in [9.17, 15) is 17.6 Å². The molecule has 0 bridgehead atoms. The van der Waals surface area contributed by atoms with E-state index in [0.29, 0.717) is 35.8 Å². The maximum Gasteiger partial charge on any atom is 0.286 e. The summed E-state index contributed by atoms with van der Waals surface area (Å²) in [6.45, 7) is 3.45. The minimum absolute atomic E-state index is 0.0583. The second-order valence-corrected chi connectivity index (χ2v) is 9.67. The van der Waals surface area contributed by atoms with Crippen molar-refractivity contribution in [1.29, 1.82) is 0 Å². The molecule has 1 aliphatic heterocycles. The van der Waals surface area contributed by atoms with E-state index in [1.165, 1.54) is 22.5 Å². The van der Waals surface area contributed by atoms with Crippen LogP contribution in [0.1, 0.15) is 45.1 Å². The number of nitrogens with zero attached hydrogens (tertiary/aromatic N) is 4. The van der Waals surface area contributed by atoms with Crippen molar-refractivity contribution in [2.45, 2.75) is 37.6 Å². The number of aromatic nitrogens is 3. The third-order valence-electron chi connectivity index (χ3n) is 4.74. The Hall–Kier alpha value is -2.70. The Bertz CT molecular complexity index is 1190. The van der Waals surface area contributed by atoms with Crippen molar-refractivity contribution in [3.8, 4) is 0 Å². The number of hydrogen-bond acceptors (Lipinski definition) is 8. The lowest BCUT2D eigenvalue weighted by Gasteiger charge is -2.21. The number of nitrogens with one attached hydrogen (secondary N) is 1. The molecule has 30 heavy (non-hydrogen) atoms. The van der Waals surface area contributed by atoms with Gasteiger partial charge in [-0.15, -0.1) is 10.2 Å². The number of hydrogen-bond donors (Lipinski definition) is 1. The van der Waals surface area contributed by atoms with Gasteiger partial charge in [-0.2, -0.15) is 4.31 Å². The molecule has 4 rings (SSSR count). The third kappa shape index (κ3) is 3.73. The summed E-state index contributed by atoms with van der Waals surface area (Å²) < 4.78 is 46.1. The lowest BCUT2D eigenvalue weighted by molar-refractivity contribution is 0.102. The molecule has 0 spiro atoms. The summed E-state index contributed by atoms with van der Waals surface area (Å²) in [6, 6.07) is 4.96. The maximum atomic E-state index is 13.3. The molecule has 1 aliphatic rings. The summed E-state index contributed by atoms with van der Waals surface area (Å²) in [7, 11) is -3.84. The van der Waals surface area contributed by atoms with Gasteiger partial charge in [0.25, 0.3) is 5.91 Å². The number of anilines is 1. The molecule has 3 heterocycles. The SMILES string of the molecule is Cc1noc(C)c1S(=O)(=O)N1CCCC1c1nnc(C(=O)Nc2cccc(F)c2)s1. The Balaban J connectivity index is 1.57. The quantitative estimate of drug-likeness (QED) is 0.633. The van der Waals surface area contributed by atoms with Crippen LogP contribution in [0.2, 0.25) is 0 Å². The first kappa shape index (κ1) is 20.6. The van der Waals surface area contributed by atoms with E-state index in [2.05, 4.69) is 20.7 Å². The summed E-state index contributed by atoms with van der Waals surface area (Å²) in [5.41, 5.74) is 0.589. The largest absolute Gasteiger partial charge is 0.360 e. The van der Waals surface area contributed by atoms with Crippen molar-refractivity contribution in [1.82, 2.24) is 19.7 Å². The fourth-order valence-corrected chi connectivity index (χ4v) is 6.35. The van der Waals surface area contributed by atoms with E-state index in [-0.39, 0.29) is 15.7 Å². The summed E-state index contributed by atoms with van der Waals surface area (Å²) >= 11 is 1.01. The molecule has 1 unspecified atom stereocenters. The number of sulfonamides is 1. The Morgan fingerprint density at radius 3 is 2.83 bits per heavy atom. The molecule has 0 radical (unpaired) electrons. The van der Waals surface area contributed by atoms with Crippen molar-refractivity contribution in [2.24, 2.45) is 0 Å². The number of rotatable bonds is 5. The van der Waals surface area contributed by atoms with Gasteiger partial charge < -0.3 is 9.84 Å². The number of carbonyl (C=O) groups excluding carboxylic acids is 1. The zero-order valence-electron chi connectivity index (χ0n) is 16.1. The normalized spacial score (nSPS) is 17.4. The van der Waals surface area contributed by atoms with Gasteiger partial charge in [-0.25, -0.2) is 12.8 Å². The van der Waals surface area contributed by atoms with Gasteiger partial charge in [0.15, 0.2) is 5.76 Å². The van der Waals surface area contributed by atoms with Gasteiger partial charge >= 0.3 is 0 Å². The average molecular weight is 452 g/mol. The maximum absolute atomic E-state index is 13.3. The molecule has 1 fully saturated rings.